The molecule has 116 valence electrons. The summed E-state index contributed by atoms with van der Waals surface area (Å²) < 4.78 is 5.06. The first-order chi connectivity index (χ1) is 10.1. The molecule has 0 saturated carbocycles. The van der Waals surface area contributed by atoms with Crippen LogP contribution in [0.5, 0.6) is 5.75 Å². The average molecular weight is 294 g/mol. The molecule has 0 spiro atoms. The van der Waals surface area contributed by atoms with Gasteiger partial charge in [-0.1, -0.05) is 0 Å². The first-order valence-corrected chi connectivity index (χ1v) is 7.13. The number of nitrogens with one attached hydrogen (secondary N) is 3. The van der Waals surface area contributed by atoms with Crippen LogP contribution >= 0.6 is 0 Å². The van der Waals surface area contributed by atoms with Gasteiger partial charge < -0.3 is 20.3 Å². The number of anilines is 1. The number of amides is 2. The summed E-state index contributed by atoms with van der Waals surface area (Å²) >= 11 is 0. The van der Waals surface area contributed by atoms with E-state index in [1.807, 2.05) is 13.8 Å². The van der Waals surface area contributed by atoms with Crippen LogP contribution in [0.3, 0.4) is 0 Å². The number of likely N-dealkylation sites (N-methyl/N-ethyl adjacent to an activating group) is 2. The molecule has 0 aliphatic rings. The van der Waals surface area contributed by atoms with Crippen molar-refractivity contribution in [2.24, 2.45) is 0 Å². The molecule has 1 aromatic carbocycles. The molecule has 0 heterocycles. The lowest BCUT2D eigenvalue weighted by Gasteiger charge is -2.16. The second-order valence-electron chi connectivity index (χ2n) is 4.69. The molecule has 0 aliphatic carbocycles. The number of quaternary nitrogens is 1. The number of rotatable bonds is 8. The lowest BCUT2D eigenvalue weighted by molar-refractivity contribution is -0.881. The topological polar surface area (TPSA) is 71.9 Å². The van der Waals surface area contributed by atoms with E-state index < -0.39 is 0 Å². The van der Waals surface area contributed by atoms with Crippen LogP contribution in [0.2, 0.25) is 0 Å². The third kappa shape index (κ3) is 6.27. The van der Waals surface area contributed by atoms with Crippen molar-refractivity contribution in [1.82, 2.24) is 5.32 Å². The molecular formula is C15H24N3O3+. The number of carbonyl (C=O) groups is 2. The zero-order valence-electron chi connectivity index (χ0n) is 12.9. The summed E-state index contributed by atoms with van der Waals surface area (Å²) in [6.07, 6.45) is 0. The molecule has 0 aliphatic heterocycles. The van der Waals surface area contributed by atoms with E-state index in [4.69, 9.17) is 4.74 Å². The van der Waals surface area contributed by atoms with Crippen molar-refractivity contribution in [2.75, 3.05) is 38.6 Å². The van der Waals surface area contributed by atoms with Crippen molar-refractivity contribution in [3.8, 4) is 5.75 Å². The number of hydrogen-bond donors (Lipinski definition) is 3. The van der Waals surface area contributed by atoms with Crippen molar-refractivity contribution >= 4 is 17.5 Å². The van der Waals surface area contributed by atoms with Gasteiger partial charge in [0.1, 0.15) is 5.75 Å². The average Bonchev–Trinajstić information content (AvgIpc) is 2.47. The fourth-order valence-corrected chi connectivity index (χ4v) is 1.91. The maximum absolute atomic E-state index is 12.0. The van der Waals surface area contributed by atoms with Crippen LogP contribution in [0, 0.1) is 0 Å². The Balaban J connectivity index is 2.48. The Bertz CT molecular complexity index is 460. The molecule has 6 heteroatoms. The quantitative estimate of drug-likeness (QED) is 0.615. The second-order valence-corrected chi connectivity index (χ2v) is 4.69. The predicted molar refractivity (Wildman–Crippen MR) is 81.5 cm³/mol. The monoisotopic (exact) mass is 294 g/mol. The van der Waals surface area contributed by atoms with Gasteiger partial charge in [0.05, 0.1) is 13.7 Å². The van der Waals surface area contributed by atoms with Crippen molar-refractivity contribution in [3.63, 3.8) is 0 Å². The highest BCUT2D eigenvalue weighted by Gasteiger charge is 2.16. The van der Waals surface area contributed by atoms with Gasteiger partial charge in [-0.3, -0.25) is 9.59 Å². The zero-order valence-corrected chi connectivity index (χ0v) is 12.9. The van der Waals surface area contributed by atoms with Gasteiger partial charge in [-0.25, -0.2) is 0 Å². The SMILES string of the molecule is CCNC(=O)C[NH+](CC)CC(=O)Nc1ccc(OC)cc1. The largest absolute Gasteiger partial charge is 0.497 e. The first-order valence-electron chi connectivity index (χ1n) is 7.13. The smallest absolute Gasteiger partial charge is 0.279 e. The van der Waals surface area contributed by atoms with Crippen LogP contribution in [-0.4, -0.2) is 45.1 Å². The molecule has 1 rings (SSSR count). The van der Waals surface area contributed by atoms with Crippen LogP contribution in [0.15, 0.2) is 24.3 Å². The predicted octanol–water partition coefficient (Wildman–Crippen LogP) is -0.325. The van der Waals surface area contributed by atoms with Gasteiger partial charge in [-0.2, -0.15) is 0 Å². The Morgan fingerprint density at radius 2 is 1.71 bits per heavy atom. The van der Waals surface area contributed by atoms with E-state index in [0.29, 0.717) is 25.3 Å². The van der Waals surface area contributed by atoms with Crippen LogP contribution in [-0.2, 0) is 9.59 Å². The maximum atomic E-state index is 12.0. The van der Waals surface area contributed by atoms with Gasteiger partial charge in [-0.05, 0) is 38.1 Å². The van der Waals surface area contributed by atoms with Crippen LogP contribution < -0.4 is 20.3 Å². The lowest BCUT2D eigenvalue weighted by Crippen LogP contribution is -3.14. The summed E-state index contributed by atoms with van der Waals surface area (Å²) in [7, 11) is 1.59. The van der Waals surface area contributed by atoms with Gasteiger partial charge in [0.2, 0.25) is 0 Å². The first kappa shape index (κ1) is 17.0. The Labute approximate surface area is 125 Å². The highest BCUT2D eigenvalue weighted by Crippen LogP contribution is 2.14. The summed E-state index contributed by atoms with van der Waals surface area (Å²) in [5, 5.41) is 5.56. The molecule has 0 radical (unpaired) electrons. The number of ether oxygens (including phenoxy) is 1. The molecule has 0 saturated heterocycles. The fraction of sp³-hybridized carbons (Fsp3) is 0.467. The van der Waals surface area contributed by atoms with Gasteiger partial charge in [-0.15, -0.1) is 0 Å². The number of benzene rings is 1. The normalized spacial score (nSPS) is 11.6. The highest BCUT2D eigenvalue weighted by molar-refractivity contribution is 5.91. The number of carbonyl (C=O) groups excluding carboxylic acids is 2. The number of hydrogen-bond acceptors (Lipinski definition) is 3. The zero-order chi connectivity index (χ0) is 15.7. The van der Waals surface area contributed by atoms with E-state index in [0.717, 1.165) is 10.6 Å². The summed E-state index contributed by atoms with van der Waals surface area (Å²) in [4.78, 5) is 24.4. The maximum Gasteiger partial charge on any atom is 0.279 e. The van der Waals surface area contributed by atoms with Gasteiger partial charge in [0.15, 0.2) is 13.1 Å². The minimum absolute atomic E-state index is 0.0356. The Morgan fingerprint density at radius 1 is 1.10 bits per heavy atom. The molecule has 1 unspecified atom stereocenters. The molecule has 21 heavy (non-hydrogen) atoms. The number of methoxy groups -OCH3 is 1. The van der Waals surface area contributed by atoms with Crippen molar-refractivity contribution in [2.45, 2.75) is 13.8 Å². The Morgan fingerprint density at radius 3 is 2.24 bits per heavy atom. The van der Waals surface area contributed by atoms with Gasteiger partial charge in [0, 0.05) is 12.2 Å². The van der Waals surface area contributed by atoms with E-state index >= 15 is 0 Å². The molecule has 0 fully saturated rings. The van der Waals surface area contributed by atoms with Crippen LogP contribution in [0.1, 0.15) is 13.8 Å². The van der Waals surface area contributed by atoms with Crippen molar-refractivity contribution in [3.05, 3.63) is 24.3 Å². The Hall–Kier alpha value is -2.08. The van der Waals surface area contributed by atoms with Crippen LogP contribution in [0.4, 0.5) is 5.69 Å². The minimum atomic E-state index is -0.110. The minimum Gasteiger partial charge on any atom is -0.497 e. The summed E-state index contributed by atoms with van der Waals surface area (Å²) in [6, 6.07) is 7.14. The van der Waals surface area contributed by atoms with Crippen LogP contribution in [0.25, 0.3) is 0 Å². The molecular weight excluding hydrogens is 270 g/mol. The lowest BCUT2D eigenvalue weighted by atomic mass is 10.3. The van der Waals surface area contributed by atoms with Gasteiger partial charge in [0.25, 0.3) is 11.8 Å². The molecule has 2 amide bonds. The molecule has 6 nitrogen and oxygen atoms in total. The molecule has 0 aromatic heterocycles. The Kier molecular flexibility index (Phi) is 7.25. The van der Waals surface area contributed by atoms with E-state index in [-0.39, 0.29) is 18.4 Å². The third-order valence-electron chi connectivity index (χ3n) is 3.07. The highest BCUT2D eigenvalue weighted by atomic mass is 16.5. The summed E-state index contributed by atoms with van der Waals surface area (Å²) in [6.45, 7) is 5.72. The standard InChI is InChI=1S/C15H23N3O3/c1-4-16-14(19)10-18(5-2)11-15(20)17-12-6-8-13(21-3)9-7-12/h6-9H,4-5,10-11H2,1-3H3,(H,16,19)(H,17,20)/p+1. The molecule has 1 atom stereocenters. The molecule has 0 bridgehead atoms. The second kappa shape index (κ2) is 8.97. The summed E-state index contributed by atoms with van der Waals surface area (Å²) in [5.74, 6) is 0.595. The molecule has 1 aromatic rings. The fourth-order valence-electron chi connectivity index (χ4n) is 1.91. The van der Waals surface area contributed by atoms with Crippen molar-refractivity contribution < 1.29 is 19.2 Å². The summed E-state index contributed by atoms with van der Waals surface area (Å²) in [5.41, 5.74) is 0.717. The van der Waals surface area contributed by atoms with E-state index in [9.17, 15) is 9.59 Å². The van der Waals surface area contributed by atoms with E-state index in [1.165, 1.54) is 0 Å². The third-order valence-corrected chi connectivity index (χ3v) is 3.07. The van der Waals surface area contributed by atoms with E-state index in [1.54, 1.807) is 31.4 Å². The van der Waals surface area contributed by atoms with Crippen molar-refractivity contribution in [1.29, 1.82) is 0 Å². The van der Waals surface area contributed by atoms with E-state index in [2.05, 4.69) is 10.6 Å². The van der Waals surface area contributed by atoms with Gasteiger partial charge >= 0.3 is 0 Å². The molecule has 3 N–H and O–H groups in total.